The predicted molar refractivity (Wildman–Crippen MR) is 74.4 cm³/mol. The highest BCUT2D eigenvalue weighted by molar-refractivity contribution is 5.53. The predicted octanol–water partition coefficient (Wildman–Crippen LogP) is 3.61. The maximum atomic E-state index is 13.5. The average Bonchev–Trinajstić information content (AvgIpc) is 2.33. The van der Waals surface area contributed by atoms with Crippen LogP contribution in [0.3, 0.4) is 0 Å². The minimum absolute atomic E-state index is 0.0200. The Balaban J connectivity index is 2.34. The summed E-state index contributed by atoms with van der Waals surface area (Å²) in [5, 5.41) is 13.5. The molecule has 3 rings (SSSR count). The van der Waals surface area contributed by atoms with Gasteiger partial charge in [-0.15, -0.1) is 0 Å². The third kappa shape index (κ3) is 1.83. The van der Waals surface area contributed by atoms with E-state index in [4.69, 9.17) is 0 Å². The topological polar surface area (TPSA) is 32.3 Å². The van der Waals surface area contributed by atoms with Crippen LogP contribution >= 0.6 is 0 Å². The van der Waals surface area contributed by atoms with Crippen molar-refractivity contribution in [2.45, 2.75) is 51.2 Å². The fourth-order valence-electron chi connectivity index (χ4n) is 4.15. The number of hydrogen-bond acceptors (Lipinski definition) is 2. The zero-order valence-electron chi connectivity index (χ0n) is 12.4. The molecular formula is C16H20F3NO. The molecule has 1 saturated heterocycles. The lowest BCUT2D eigenvalue weighted by molar-refractivity contribution is -0.140. The molecule has 1 aliphatic carbocycles. The van der Waals surface area contributed by atoms with E-state index in [2.05, 4.69) is 5.32 Å². The molecule has 2 nitrogen and oxygen atoms in total. The highest BCUT2D eigenvalue weighted by atomic mass is 19.4. The van der Waals surface area contributed by atoms with Crippen molar-refractivity contribution in [3.05, 3.63) is 28.8 Å². The van der Waals surface area contributed by atoms with E-state index >= 15 is 0 Å². The molecule has 116 valence electrons. The van der Waals surface area contributed by atoms with Gasteiger partial charge >= 0.3 is 6.18 Å². The van der Waals surface area contributed by atoms with Gasteiger partial charge in [-0.2, -0.15) is 13.2 Å². The Morgan fingerprint density at radius 2 is 1.90 bits per heavy atom. The van der Waals surface area contributed by atoms with Gasteiger partial charge in [-0.25, -0.2) is 0 Å². The van der Waals surface area contributed by atoms with E-state index in [1.807, 2.05) is 20.8 Å². The third-order valence-corrected chi connectivity index (χ3v) is 5.86. The van der Waals surface area contributed by atoms with Gasteiger partial charge in [0.15, 0.2) is 0 Å². The van der Waals surface area contributed by atoms with E-state index in [-0.39, 0.29) is 17.2 Å². The number of fused-ring (bicyclic) bond motifs is 4. The number of phenolic OH excluding ortho intramolecular Hbond substituents is 1. The van der Waals surface area contributed by atoms with Crippen LogP contribution < -0.4 is 5.32 Å². The van der Waals surface area contributed by atoms with Gasteiger partial charge in [0.1, 0.15) is 5.75 Å². The van der Waals surface area contributed by atoms with Crippen molar-refractivity contribution in [2.75, 3.05) is 6.54 Å². The Kier molecular flexibility index (Phi) is 2.91. The highest BCUT2D eigenvalue weighted by Gasteiger charge is 2.56. The number of phenols is 1. The van der Waals surface area contributed by atoms with Gasteiger partial charge in [0.2, 0.25) is 0 Å². The van der Waals surface area contributed by atoms with Crippen LogP contribution in [-0.4, -0.2) is 17.7 Å². The largest absolute Gasteiger partial charge is 0.508 e. The van der Waals surface area contributed by atoms with Crippen molar-refractivity contribution in [2.24, 2.45) is 5.41 Å². The van der Waals surface area contributed by atoms with Crippen molar-refractivity contribution in [3.63, 3.8) is 0 Å². The van der Waals surface area contributed by atoms with Gasteiger partial charge in [-0.3, -0.25) is 0 Å². The molecule has 0 aromatic heterocycles. The van der Waals surface area contributed by atoms with Crippen LogP contribution in [0, 0.1) is 5.41 Å². The van der Waals surface area contributed by atoms with E-state index in [0.29, 0.717) is 30.5 Å². The number of hydrogen-bond donors (Lipinski definition) is 2. The number of rotatable bonds is 0. The lowest BCUT2D eigenvalue weighted by Crippen LogP contribution is -2.62. The first-order chi connectivity index (χ1) is 9.59. The van der Waals surface area contributed by atoms with Crippen molar-refractivity contribution in [1.29, 1.82) is 0 Å². The summed E-state index contributed by atoms with van der Waals surface area (Å²) in [6.45, 7) is 6.67. The van der Waals surface area contributed by atoms with Crippen LogP contribution in [0.15, 0.2) is 12.1 Å². The Morgan fingerprint density at radius 1 is 1.24 bits per heavy atom. The van der Waals surface area contributed by atoms with Gasteiger partial charge in [-0.1, -0.05) is 20.8 Å². The number of alkyl halides is 3. The van der Waals surface area contributed by atoms with E-state index in [1.165, 1.54) is 6.07 Å². The number of halogens is 3. The summed E-state index contributed by atoms with van der Waals surface area (Å²) in [4.78, 5) is 0. The molecular weight excluding hydrogens is 279 g/mol. The van der Waals surface area contributed by atoms with E-state index in [9.17, 15) is 18.3 Å². The monoisotopic (exact) mass is 299 g/mol. The summed E-state index contributed by atoms with van der Waals surface area (Å²) in [5.74, 6) is -0.0200. The van der Waals surface area contributed by atoms with E-state index in [1.54, 1.807) is 0 Å². The molecule has 2 N–H and O–H groups in total. The molecule has 21 heavy (non-hydrogen) atoms. The molecule has 1 aromatic carbocycles. The zero-order valence-corrected chi connectivity index (χ0v) is 12.4. The number of nitrogens with one attached hydrogen (secondary N) is 1. The van der Waals surface area contributed by atoms with Crippen LogP contribution in [0.2, 0.25) is 0 Å². The molecule has 1 fully saturated rings. The first-order valence-corrected chi connectivity index (χ1v) is 7.25. The quantitative estimate of drug-likeness (QED) is 0.767. The molecule has 0 saturated carbocycles. The third-order valence-electron chi connectivity index (χ3n) is 5.86. The summed E-state index contributed by atoms with van der Waals surface area (Å²) in [6, 6.07) is 2.29. The molecule has 1 aliphatic heterocycles. The molecule has 0 spiro atoms. The van der Waals surface area contributed by atoms with Crippen LogP contribution in [0.5, 0.6) is 5.75 Å². The van der Waals surface area contributed by atoms with Crippen molar-refractivity contribution in [3.8, 4) is 5.75 Å². The minimum atomic E-state index is -4.39. The summed E-state index contributed by atoms with van der Waals surface area (Å²) in [7, 11) is 0. The van der Waals surface area contributed by atoms with Gasteiger partial charge in [0, 0.05) is 11.5 Å². The first-order valence-electron chi connectivity index (χ1n) is 7.25. The lowest BCUT2D eigenvalue weighted by Gasteiger charge is -2.58. The second kappa shape index (κ2) is 4.15. The van der Waals surface area contributed by atoms with Crippen LogP contribution in [0.25, 0.3) is 0 Å². The SMILES string of the molecule is CC1(C)[C@H]2Cc3c(O)ccc(C(F)(F)F)c3[C@]1(C)CCN2. The molecule has 2 aliphatic rings. The average molecular weight is 299 g/mol. The van der Waals surface area contributed by atoms with Crippen molar-refractivity contribution in [1.82, 2.24) is 5.32 Å². The smallest absolute Gasteiger partial charge is 0.416 e. The van der Waals surface area contributed by atoms with E-state index in [0.717, 1.165) is 6.07 Å². The number of benzene rings is 1. The number of piperidine rings is 1. The van der Waals surface area contributed by atoms with Gasteiger partial charge < -0.3 is 10.4 Å². The lowest BCUT2D eigenvalue weighted by atomic mass is 9.50. The van der Waals surface area contributed by atoms with Gasteiger partial charge in [0.25, 0.3) is 0 Å². The first kappa shape index (κ1) is 14.7. The van der Waals surface area contributed by atoms with Gasteiger partial charge in [0.05, 0.1) is 5.56 Å². The normalized spacial score (nSPS) is 30.9. The molecule has 2 atom stereocenters. The molecule has 2 bridgehead atoms. The summed E-state index contributed by atoms with van der Waals surface area (Å²) < 4.78 is 40.4. The van der Waals surface area contributed by atoms with Crippen LogP contribution in [0.1, 0.15) is 43.9 Å². The van der Waals surface area contributed by atoms with Crippen molar-refractivity contribution >= 4 is 0 Å². The Morgan fingerprint density at radius 3 is 2.52 bits per heavy atom. The maximum absolute atomic E-state index is 13.5. The highest BCUT2D eigenvalue weighted by Crippen LogP contribution is 2.57. The molecule has 1 aromatic rings. The van der Waals surface area contributed by atoms with E-state index < -0.39 is 17.2 Å². The molecule has 0 unspecified atom stereocenters. The Hall–Kier alpha value is -1.23. The second-order valence-electron chi connectivity index (χ2n) is 7.00. The fraction of sp³-hybridized carbons (Fsp3) is 0.625. The van der Waals surface area contributed by atoms with Crippen LogP contribution in [-0.2, 0) is 18.0 Å². The Bertz CT molecular complexity index is 594. The molecule has 1 heterocycles. The fourth-order valence-corrected chi connectivity index (χ4v) is 4.15. The Labute approximate surface area is 122 Å². The molecule has 0 radical (unpaired) electrons. The molecule has 0 amide bonds. The molecule has 5 heteroatoms. The zero-order chi connectivity index (χ0) is 15.6. The summed E-state index contributed by atoms with van der Waals surface area (Å²) >= 11 is 0. The maximum Gasteiger partial charge on any atom is 0.416 e. The number of aromatic hydroxyl groups is 1. The van der Waals surface area contributed by atoms with Crippen molar-refractivity contribution < 1.29 is 18.3 Å². The van der Waals surface area contributed by atoms with Crippen LogP contribution in [0.4, 0.5) is 13.2 Å². The van der Waals surface area contributed by atoms with Gasteiger partial charge in [-0.05, 0) is 48.1 Å². The summed E-state index contributed by atoms with van der Waals surface area (Å²) in [5.41, 5.74) is -0.723. The second-order valence-corrected chi connectivity index (χ2v) is 7.00. The summed E-state index contributed by atoms with van der Waals surface area (Å²) in [6.07, 6.45) is -3.32. The standard InChI is InChI=1S/C16H20F3NO/c1-14(2)12-8-9-11(21)5-4-10(16(17,18)19)13(9)15(14,3)6-7-20-12/h4-5,12,20-21H,6-8H2,1-3H3/t12-,15+/m1/s1. The minimum Gasteiger partial charge on any atom is -0.508 e.